The number of aliphatic hydroxyl groups is 2. The van der Waals surface area contributed by atoms with E-state index in [1.54, 1.807) is 12.1 Å². The number of hydrogen-bond donors (Lipinski definition) is 2. The van der Waals surface area contributed by atoms with Crippen LogP contribution in [0.25, 0.3) is 22.3 Å². The van der Waals surface area contributed by atoms with Crippen molar-refractivity contribution in [1.29, 1.82) is 0 Å². The van der Waals surface area contributed by atoms with E-state index in [4.69, 9.17) is 29.2 Å². The van der Waals surface area contributed by atoms with Gasteiger partial charge in [0.2, 0.25) is 0 Å². The Balaban J connectivity index is 1.75. The second-order valence-corrected chi connectivity index (χ2v) is 10.9. The fourth-order valence-corrected chi connectivity index (χ4v) is 4.68. The van der Waals surface area contributed by atoms with Gasteiger partial charge in [0.1, 0.15) is 26.4 Å². The summed E-state index contributed by atoms with van der Waals surface area (Å²) >= 11 is 0. The Bertz CT molecular complexity index is 1550. The molecule has 0 unspecified atom stereocenters. The van der Waals surface area contributed by atoms with Gasteiger partial charge >= 0.3 is 18.1 Å². The maximum Gasteiger partial charge on any atom is 0.389 e. The smallest absolute Gasteiger partial charge is 0.389 e. The molecule has 3 aromatic carbocycles. The first-order valence-electron chi connectivity index (χ1n) is 15.6. The van der Waals surface area contributed by atoms with E-state index in [1.807, 2.05) is 42.5 Å². The lowest BCUT2D eigenvalue weighted by atomic mass is 9.93. The molecule has 258 valence electrons. The van der Waals surface area contributed by atoms with E-state index in [9.17, 15) is 22.8 Å². The van der Waals surface area contributed by atoms with Gasteiger partial charge in [0, 0.05) is 6.42 Å². The van der Waals surface area contributed by atoms with Gasteiger partial charge in [-0.3, -0.25) is 0 Å². The van der Waals surface area contributed by atoms with Crippen LogP contribution in [0.2, 0.25) is 0 Å². The Morgan fingerprint density at radius 2 is 1.25 bits per heavy atom. The zero-order chi connectivity index (χ0) is 35.1. The van der Waals surface area contributed by atoms with Crippen LogP contribution in [0.15, 0.2) is 85.0 Å². The molecular weight excluding hydrogens is 629 g/mol. The molecule has 0 aliphatic rings. The molecule has 0 saturated carbocycles. The Labute approximate surface area is 278 Å². The maximum absolute atomic E-state index is 12.4. The number of hydrogen-bond acceptors (Lipinski definition) is 8. The zero-order valence-corrected chi connectivity index (χ0v) is 26.9. The van der Waals surface area contributed by atoms with Gasteiger partial charge in [0.25, 0.3) is 0 Å². The highest BCUT2D eigenvalue weighted by atomic mass is 19.4. The predicted octanol–water partition coefficient (Wildman–Crippen LogP) is 6.80. The van der Waals surface area contributed by atoms with Gasteiger partial charge in [-0.15, -0.1) is 0 Å². The van der Waals surface area contributed by atoms with Crippen LogP contribution in [-0.2, 0) is 31.9 Å². The van der Waals surface area contributed by atoms with Crippen LogP contribution in [-0.4, -0.2) is 68.0 Å². The van der Waals surface area contributed by atoms with Gasteiger partial charge in [-0.2, -0.15) is 13.2 Å². The van der Waals surface area contributed by atoms with Gasteiger partial charge in [-0.25, -0.2) is 9.59 Å². The van der Waals surface area contributed by atoms with E-state index >= 15 is 0 Å². The molecule has 0 aliphatic carbocycles. The topological polar surface area (TPSA) is 112 Å². The molecular formula is C37H41F3O8. The Morgan fingerprint density at radius 3 is 1.81 bits per heavy atom. The summed E-state index contributed by atoms with van der Waals surface area (Å²) in [5.41, 5.74) is 5.72. The fourth-order valence-electron chi connectivity index (χ4n) is 4.68. The van der Waals surface area contributed by atoms with Crippen molar-refractivity contribution in [1.82, 2.24) is 0 Å². The van der Waals surface area contributed by atoms with Crippen molar-refractivity contribution in [2.45, 2.75) is 45.2 Å². The van der Waals surface area contributed by atoms with E-state index in [0.717, 1.165) is 39.8 Å². The molecule has 11 heteroatoms. The van der Waals surface area contributed by atoms with Crippen molar-refractivity contribution >= 4 is 11.9 Å². The van der Waals surface area contributed by atoms with Crippen LogP contribution in [0.4, 0.5) is 13.2 Å². The first-order valence-corrected chi connectivity index (χ1v) is 15.6. The van der Waals surface area contributed by atoms with Crippen molar-refractivity contribution in [2.24, 2.45) is 0 Å². The molecule has 0 spiro atoms. The van der Waals surface area contributed by atoms with E-state index in [-0.39, 0.29) is 44.0 Å². The largest absolute Gasteiger partial charge is 0.486 e. The molecule has 48 heavy (non-hydrogen) atoms. The molecule has 3 rings (SSSR count). The summed E-state index contributed by atoms with van der Waals surface area (Å²) in [7, 11) is 0. The van der Waals surface area contributed by atoms with Gasteiger partial charge < -0.3 is 29.2 Å². The SMILES string of the molecule is C=C(CO)C(=O)OCCOc1ccc(-c2ccc(-c3ccc(CCCCC(F)(F)F)cc3)c(CC)c2)cc1OCCOC(=O)C(=C)CO. The average molecular weight is 671 g/mol. The van der Waals surface area contributed by atoms with Crippen molar-refractivity contribution in [2.75, 3.05) is 39.6 Å². The molecule has 0 radical (unpaired) electrons. The van der Waals surface area contributed by atoms with E-state index in [0.29, 0.717) is 24.3 Å². The van der Waals surface area contributed by atoms with Crippen LogP contribution in [0.3, 0.4) is 0 Å². The van der Waals surface area contributed by atoms with Crippen LogP contribution in [0.5, 0.6) is 11.5 Å². The third-order valence-corrected chi connectivity index (χ3v) is 7.31. The highest BCUT2D eigenvalue weighted by molar-refractivity contribution is 5.88. The number of halogens is 3. The number of rotatable bonds is 19. The normalized spacial score (nSPS) is 11.1. The Hall–Kier alpha value is -4.61. The summed E-state index contributed by atoms with van der Waals surface area (Å²) in [6.07, 6.45) is -2.97. The second kappa shape index (κ2) is 18.7. The summed E-state index contributed by atoms with van der Waals surface area (Å²) in [5.74, 6) is -0.762. The molecule has 0 amide bonds. The molecule has 3 aromatic rings. The number of aliphatic hydroxyl groups excluding tert-OH is 2. The van der Waals surface area contributed by atoms with Gasteiger partial charge in [0.15, 0.2) is 11.5 Å². The van der Waals surface area contributed by atoms with E-state index in [1.165, 1.54) is 0 Å². The molecule has 0 aromatic heterocycles. The summed E-state index contributed by atoms with van der Waals surface area (Å²) in [5, 5.41) is 18.1. The lowest BCUT2D eigenvalue weighted by Gasteiger charge is -2.16. The third kappa shape index (κ3) is 11.9. The van der Waals surface area contributed by atoms with Crippen LogP contribution >= 0.6 is 0 Å². The zero-order valence-electron chi connectivity index (χ0n) is 26.9. The third-order valence-electron chi connectivity index (χ3n) is 7.31. The second-order valence-electron chi connectivity index (χ2n) is 10.9. The highest BCUT2D eigenvalue weighted by Crippen LogP contribution is 2.35. The molecule has 0 aliphatic heterocycles. The Morgan fingerprint density at radius 1 is 0.708 bits per heavy atom. The van der Waals surface area contributed by atoms with Crippen molar-refractivity contribution in [3.8, 4) is 33.8 Å². The monoisotopic (exact) mass is 670 g/mol. The van der Waals surface area contributed by atoms with E-state index in [2.05, 4.69) is 26.1 Å². The van der Waals surface area contributed by atoms with Crippen LogP contribution < -0.4 is 9.47 Å². The van der Waals surface area contributed by atoms with Crippen molar-refractivity contribution in [3.05, 3.63) is 96.1 Å². The maximum atomic E-state index is 12.4. The number of unbranched alkanes of at least 4 members (excludes halogenated alkanes) is 1. The Kier molecular flexibility index (Phi) is 14.7. The van der Waals surface area contributed by atoms with Crippen LogP contribution in [0, 0.1) is 0 Å². The fraction of sp³-hybridized carbons (Fsp3) is 0.351. The lowest BCUT2D eigenvalue weighted by molar-refractivity contribution is -0.141. The number of alkyl halides is 3. The molecule has 0 bridgehead atoms. The number of benzene rings is 3. The minimum Gasteiger partial charge on any atom is -0.486 e. The van der Waals surface area contributed by atoms with Crippen LogP contribution in [0.1, 0.15) is 37.3 Å². The summed E-state index contributed by atoms with van der Waals surface area (Å²) in [4.78, 5) is 23.6. The predicted molar refractivity (Wildman–Crippen MR) is 176 cm³/mol. The van der Waals surface area contributed by atoms with Crippen molar-refractivity contribution < 1.29 is 51.9 Å². The standard InChI is InChI=1S/C37H41F3O8/c1-4-28-21-30(12-14-32(28)29-10-8-27(9-11-29)7-5-6-16-37(38,39)40)31-13-15-33(45-17-19-47-35(43)25(2)23-41)34(22-31)46-18-20-48-36(44)26(3)24-42/h8-15,21-22,41-42H,2-7,16-20,23-24H2,1H3. The van der Waals surface area contributed by atoms with Gasteiger partial charge in [0.05, 0.1) is 24.4 Å². The molecule has 8 nitrogen and oxygen atoms in total. The molecule has 0 fully saturated rings. The first-order chi connectivity index (χ1) is 22.9. The summed E-state index contributed by atoms with van der Waals surface area (Å²) in [6.45, 7) is 7.64. The minimum atomic E-state index is -4.12. The van der Waals surface area contributed by atoms with Gasteiger partial charge in [-0.05, 0) is 71.2 Å². The average Bonchev–Trinajstić information content (AvgIpc) is 3.09. The molecule has 2 N–H and O–H groups in total. The lowest BCUT2D eigenvalue weighted by Crippen LogP contribution is -2.16. The molecule has 0 atom stereocenters. The van der Waals surface area contributed by atoms with Gasteiger partial charge in [-0.1, -0.05) is 68.6 Å². The molecule has 0 saturated heterocycles. The number of carbonyl (C=O) groups excluding carboxylic acids is 2. The summed E-state index contributed by atoms with van der Waals surface area (Å²) < 4.78 is 59.1. The quantitative estimate of drug-likeness (QED) is 0.0815. The molecule has 0 heterocycles. The number of carbonyl (C=O) groups is 2. The van der Waals surface area contributed by atoms with Crippen molar-refractivity contribution in [3.63, 3.8) is 0 Å². The first kappa shape index (κ1) is 37.8. The summed E-state index contributed by atoms with van der Waals surface area (Å²) in [6, 6.07) is 19.3. The number of aryl methyl sites for hydroxylation is 2. The number of esters is 2. The highest BCUT2D eigenvalue weighted by Gasteiger charge is 2.25. The minimum absolute atomic E-state index is 0.00745. The van der Waals surface area contributed by atoms with E-state index < -0.39 is 37.7 Å². The number of ether oxygens (including phenoxy) is 4.